The Morgan fingerprint density at radius 2 is 1.89 bits per heavy atom. The third kappa shape index (κ3) is 4.54. The number of sulfonamides is 1. The molecule has 0 aromatic heterocycles. The van der Waals surface area contributed by atoms with E-state index in [2.05, 4.69) is 16.9 Å². The third-order valence-electron chi connectivity index (χ3n) is 5.04. The van der Waals surface area contributed by atoms with Crippen molar-refractivity contribution in [3.63, 3.8) is 0 Å². The van der Waals surface area contributed by atoms with Gasteiger partial charge in [0.1, 0.15) is 5.75 Å². The minimum absolute atomic E-state index is 0.0615. The number of benzene rings is 2. The van der Waals surface area contributed by atoms with Crippen LogP contribution in [0.5, 0.6) is 5.75 Å². The number of rotatable bonds is 8. The second-order valence-corrected chi connectivity index (χ2v) is 8.58. The molecule has 0 bridgehead atoms. The quantitative estimate of drug-likeness (QED) is 0.737. The first kappa shape index (κ1) is 20.4. The van der Waals surface area contributed by atoms with Crippen LogP contribution in [0.15, 0.2) is 53.4 Å². The van der Waals surface area contributed by atoms with Crippen molar-refractivity contribution in [3.05, 3.63) is 59.7 Å². The van der Waals surface area contributed by atoms with Gasteiger partial charge in [-0.1, -0.05) is 24.3 Å². The van der Waals surface area contributed by atoms with Gasteiger partial charge in [0.05, 0.1) is 17.5 Å². The van der Waals surface area contributed by atoms with Crippen LogP contribution in [0.1, 0.15) is 36.9 Å². The van der Waals surface area contributed by atoms with E-state index in [1.807, 2.05) is 19.1 Å². The molecule has 2 aromatic rings. The van der Waals surface area contributed by atoms with E-state index in [-0.39, 0.29) is 29.8 Å². The molecule has 0 saturated carbocycles. The fourth-order valence-electron chi connectivity index (χ4n) is 3.54. The Kier molecular flexibility index (Phi) is 6.36. The van der Waals surface area contributed by atoms with Gasteiger partial charge in [-0.25, -0.2) is 13.1 Å². The maximum Gasteiger partial charge on any atom is 0.240 e. The zero-order valence-corrected chi connectivity index (χ0v) is 17.0. The van der Waals surface area contributed by atoms with Gasteiger partial charge in [-0.3, -0.25) is 4.79 Å². The van der Waals surface area contributed by atoms with Crippen molar-refractivity contribution in [1.82, 2.24) is 9.62 Å². The normalized spacial score (nSPS) is 15.9. The summed E-state index contributed by atoms with van der Waals surface area (Å²) in [6, 6.07) is 14.5. The first-order chi connectivity index (χ1) is 13.4. The molecule has 0 fully saturated rings. The molecule has 6 nitrogen and oxygen atoms in total. The summed E-state index contributed by atoms with van der Waals surface area (Å²) in [4.78, 5) is 14.4. The minimum Gasteiger partial charge on any atom is -0.494 e. The van der Waals surface area contributed by atoms with Crippen LogP contribution in [0.2, 0.25) is 0 Å². The first-order valence-electron chi connectivity index (χ1n) is 9.48. The highest BCUT2D eigenvalue weighted by atomic mass is 32.2. The van der Waals surface area contributed by atoms with Crippen molar-refractivity contribution < 1.29 is 17.9 Å². The number of hydrogen-bond acceptors (Lipinski definition) is 4. The average Bonchev–Trinajstić information content (AvgIpc) is 3.12. The molecular weight excluding hydrogens is 376 g/mol. The van der Waals surface area contributed by atoms with Crippen LogP contribution < -0.4 is 9.46 Å². The number of ether oxygens (including phenoxy) is 1. The lowest BCUT2D eigenvalue weighted by atomic mass is 10.1. The van der Waals surface area contributed by atoms with Crippen molar-refractivity contribution in [3.8, 4) is 5.75 Å². The number of hydrogen-bond donors (Lipinski definition) is 1. The van der Waals surface area contributed by atoms with Crippen LogP contribution in [-0.4, -0.2) is 39.4 Å². The highest BCUT2D eigenvalue weighted by Gasteiger charge is 2.28. The maximum absolute atomic E-state index is 12.6. The van der Waals surface area contributed by atoms with Crippen LogP contribution in [-0.2, 0) is 21.2 Å². The molecule has 1 amide bonds. The van der Waals surface area contributed by atoms with Crippen molar-refractivity contribution in [2.24, 2.45) is 0 Å². The van der Waals surface area contributed by atoms with Crippen LogP contribution in [0, 0.1) is 0 Å². The smallest absolute Gasteiger partial charge is 0.240 e. The highest BCUT2D eigenvalue weighted by molar-refractivity contribution is 7.89. The molecule has 0 spiro atoms. The Balaban J connectivity index is 1.54. The molecule has 0 saturated heterocycles. The third-order valence-corrected chi connectivity index (χ3v) is 6.52. The molecule has 150 valence electrons. The predicted molar refractivity (Wildman–Crippen MR) is 108 cm³/mol. The van der Waals surface area contributed by atoms with E-state index < -0.39 is 10.0 Å². The zero-order chi connectivity index (χ0) is 20.1. The van der Waals surface area contributed by atoms with Crippen LogP contribution >= 0.6 is 0 Å². The lowest BCUT2D eigenvalue weighted by Crippen LogP contribution is -2.34. The highest BCUT2D eigenvalue weighted by Crippen LogP contribution is 2.34. The van der Waals surface area contributed by atoms with Crippen molar-refractivity contribution in [2.75, 3.05) is 20.2 Å². The molecule has 1 unspecified atom stereocenters. The Labute approximate surface area is 166 Å². The summed E-state index contributed by atoms with van der Waals surface area (Å²) in [6.45, 7) is 2.45. The number of aryl methyl sites for hydroxylation is 1. The molecule has 1 aliphatic rings. The van der Waals surface area contributed by atoms with Gasteiger partial charge in [0.2, 0.25) is 15.9 Å². The van der Waals surface area contributed by atoms with Gasteiger partial charge in [-0.15, -0.1) is 0 Å². The zero-order valence-electron chi connectivity index (χ0n) is 16.2. The number of fused-ring (bicyclic) bond motifs is 1. The minimum atomic E-state index is -3.66. The van der Waals surface area contributed by atoms with Gasteiger partial charge in [0, 0.05) is 20.0 Å². The summed E-state index contributed by atoms with van der Waals surface area (Å²) in [5, 5.41) is 0. The molecular formula is C21H26N2O4S. The predicted octanol–water partition coefficient (Wildman–Crippen LogP) is 2.90. The monoisotopic (exact) mass is 402 g/mol. The summed E-state index contributed by atoms with van der Waals surface area (Å²) in [5.41, 5.74) is 2.47. The molecule has 0 aliphatic heterocycles. The topological polar surface area (TPSA) is 75.7 Å². The fourth-order valence-corrected chi connectivity index (χ4v) is 4.58. The van der Waals surface area contributed by atoms with Crippen LogP contribution in [0.3, 0.4) is 0 Å². The van der Waals surface area contributed by atoms with Crippen LogP contribution in [0.25, 0.3) is 0 Å². The Morgan fingerprint density at radius 1 is 1.18 bits per heavy atom. The molecule has 1 aliphatic carbocycles. The Bertz CT molecular complexity index is 926. The van der Waals surface area contributed by atoms with Crippen molar-refractivity contribution in [2.45, 2.75) is 37.1 Å². The van der Waals surface area contributed by atoms with Crippen molar-refractivity contribution in [1.29, 1.82) is 0 Å². The lowest BCUT2D eigenvalue weighted by Gasteiger charge is -2.25. The molecule has 1 N–H and O–H groups in total. The summed E-state index contributed by atoms with van der Waals surface area (Å²) in [5.74, 6) is 0.547. The van der Waals surface area contributed by atoms with Gasteiger partial charge in [0.15, 0.2) is 0 Å². The number of carbonyl (C=O) groups is 1. The van der Waals surface area contributed by atoms with Crippen molar-refractivity contribution >= 4 is 15.9 Å². The van der Waals surface area contributed by atoms with Gasteiger partial charge in [0.25, 0.3) is 0 Å². The first-order valence-corrected chi connectivity index (χ1v) is 11.0. The molecule has 2 aromatic carbocycles. The molecule has 3 rings (SSSR count). The number of nitrogens with zero attached hydrogens (tertiary/aromatic N) is 1. The maximum atomic E-state index is 12.6. The van der Waals surface area contributed by atoms with Crippen LogP contribution in [0.4, 0.5) is 0 Å². The summed E-state index contributed by atoms with van der Waals surface area (Å²) in [6.07, 6.45) is 1.98. The second-order valence-electron chi connectivity index (χ2n) is 6.81. The Morgan fingerprint density at radius 3 is 2.61 bits per heavy atom. The van der Waals surface area contributed by atoms with Gasteiger partial charge in [-0.05, 0) is 55.2 Å². The van der Waals surface area contributed by atoms with Gasteiger partial charge in [-0.2, -0.15) is 0 Å². The summed E-state index contributed by atoms with van der Waals surface area (Å²) in [7, 11) is -1.87. The summed E-state index contributed by atoms with van der Waals surface area (Å²) < 4.78 is 32.6. The van der Waals surface area contributed by atoms with E-state index >= 15 is 0 Å². The fraction of sp³-hybridized carbons (Fsp3) is 0.381. The van der Waals surface area contributed by atoms with E-state index in [0.29, 0.717) is 12.4 Å². The largest absolute Gasteiger partial charge is 0.494 e. The molecule has 0 radical (unpaired) electrons. The standard InChI is InChI=1S/C21H26N2O4S/c1-3-27-17-9-11-18(12-10-17)28(25,26)22-15-14-21(24)23(2)20-13-8-16-6-4-5-7-19(16)20/h4-7,9-12,20,22H,3,8,13-15H2,1-2H3. The summed E-state index contributed by atoms with van der Waals surface area (Å²) >= 11 is 0. The van der Waals surface area contributed by atoms with E-state index in [0.717, 1.165) is 12.8 Å². The van der Waals surface area contributed by atoms with E-state index in [4.69, 9.17) is 4.74 Å². The number of carbonyl (C=O) groups excluding carboxylic acids is 1. The van der Waals surface area contributed by atoms with E-state index in [9.17, 15) is 13.2 Å². The molecule has 0 heterocycles. The molecule has 1 atom stereocenters. The van der Waals surface area contributed by atoms with Gasteiger partial charge < -0.3 is 9.64 Å². The molecule has 7 heteroatoms. The second kappa shape index (κ2) is 8.75. The van der Waals surface area contributed by atoms with E-state index in [1.54, 1.807) is 24.1 Å². The SMILES string of the molecule is CCOc1ccc(S(=O)(=O)NCCC(=O)N(C)C2CCc3ccccc32)cc1. The van der Waals surface area contributed by atoms with E-state index in [1.165, 1.54) is 23.3 Å². The number of nitrogens with one attached hydrogen (secondary N) is 1. The number of amides is 1. The average molecular weight is 403 g/mol. The van der Waals surface area contributed by atoms with Gasteiger partial charge >= 0.3 is 0 Å². The molecule has 28 heavy (non-hydrogen) atoms. The lowest BCUT2D eigenvalue weighted by molar-refractivity contribution is -0.131. The Hall–Kier alpha value is -2.38.